The van der Waals surface area contributed by atoms with Crippen molar-refractivity contribution in [3.05, 3.63) is 0 Å². The van der Waals surface area contributed by atoms with Gasteiger partial charge in [-0.05, 0) is 19.3 Å². The van der Waals surface area contributed by atoms with E-state index in [1.165, 1.54) is 0 Å². The maximum atomic E-state index is 12.2. The molecule has 100 valence electrons. The fourth-order valence-corrected chi connectivity index (χ4v) is 2.77. The second-order valence-electron chi connectivity index (χ2n) is 5.61. The molecule has 1 aliphatic carbocycles. The first kappa shape index (κ1) is 12.0. The van der Waals surface area contributed by atoms with Crippen molar-refractivity contribution in [2.24, 2.45) is 4.99 Å². The van der Waals surface area contributed by atoms with Gasteiger partial charge in [0.2, 0.25) is 0 Å². The molecule has 3 aliphatic rings. The number of hydrogen-bond donors (Lipinski definition) is 2. The van der Waals surface area contributed by atoms with Crippen LogP contribution < -0.4 is 10.6 Å². The summed E-state index contributed by atoms with van der Waals surface area (Å²) in [5.41, 5.74) is -0.466. The second-order valence-corrected chi connectivity index (χ2v) is 5.61. The van der Waals surface area contributed by atoms with Crippen LogP contribution in [0.5, 0.6) is 0 Å². The SMILES string of the molecule is CCCC1CC2(CCO1)NC(=NC1CC1)NC2=O. The Morgan fingerprint density at radius 2 is 2.33 bits per heavy atom. The number of carbonyl (C=O) groups is 1. The highest BCUT2D eigenvalue weighted by atomic mass is 16.5. The van der Waals surface area contributed by atoms with E-state index in [9.17, 15) is 4.79 Å². The quantitative estimate of drug-likeness (QED) is 0.784. The summed E-state index contributed by atoms with van der Waals surface area (Å²) in [5, 5.41) is 6.22. The van der Waals surface area contributed by atoms with Gasteiger partial charge in [-0.15, -0.1) is 0 Å². The van der Waals surface area contributed by atoms with Crippen molar-refractivity contribution in [2.45, 2.75) is 63.1 Å². The van der Waals surface area contributed by atoms with Gasteiger partial charge >= 0.3 is 0 Å². The Labute approximate surface area is 107 Å². The molecule has 18 heavy (non-hydrogen) atoms. The first-order valence-electron chi connectivity index (χ1n) is 7.01. The Balaban J connectivity index is 1.71. The second kappa shape index (κ2) is 4.53. The maximum Gasteiger partial charge on any atom is 0.252 e. The van der Waals surface area contributed by atoms with E-state index in [0.29, 0.717) is 18.6 Å². The molecule has 1 saturated carbocycles. The maximum absolute atomic E-state index is 12.2. The summed E-state index contributed by atoms with van der Waals surface area (Å²) < 4.78 is 5.72. The van der Waals surface area contributed by atoms with Crippen molar-refractivity contribution in [1.29, 1.82) is 0 Å². The Morgan fingerprint density at radius 3 is 3.06 bits per heavy atom. The van der Waals surface area contributed by atoms with Crippen LogP contribution >= 0.6 is 0 Å². The summed E-state index contributed by atoms with van der Waals surface area (Å²) >= 11 is 0. The Bertz CT molecular complexity index is 376. The van der Waals surface area contributed by atoms with Crippen molar-refractivity contribution in [1.82, 2.24) is 10.6 Å². The molecule has 0 bridgehead atoms. The third-order valence-corrected chi connectivity index (χ3v) is 3.95. The smallest absolute Gasteiger partial charge is 0.252 e. The predicted molar refractivity (Wildman–Crippen MR) is 68.3 cm³/mol. The summed E-state index contributed by atoms with van der Waals surface area (Å²) in [6.07, 6.45) is 6.10. The highest BCUT2D eigenvalue weighted by Gasteiger charge is 2.48. The molecule has 0 aromatic heterocycles. The van der Waals surface area contributed by atoms with Crippen molar-refractivity contribution in [3.8, 4) is 0 Å². The fraction of sp³-hybridized carbons (Fsp3) is 0.846. The third kappa shape index (κ3) is 2.23. The van der Waals surface area contributed by atoms with E-state index >= 15 is 0 Å². The number of guanidine groups is 1. The Morgan fingerprint density at radius 1 is 1.50 bits per heavy atom. The van der Waals surface area contributed by atoms with Crippen molar-refractivity contribution in [2.75, 3.05) is 6.61 Å². The van der Waals surface area contributed by atoms with Crippen molar-refractivity contribution >= 4 is 11.9 Å². The molecule has 3 fully saturated rings. The van der Waals surface area contributed by atoms with Crippen LogP contribution in [-0.4, -0.2) is 36.2 Å². The van der Waals surface area contributed by atoms with E-state index in [0.717, 1.165) is 38.5 Å². The van der Waals surface area contributed by atoms with E-state index < -0.39 is 5.54 Å². The number of ether oxygens (including phenoxy) is 1. The van der Waals surface area contributed by atoms with Gasteiger partial charge in [0.1, 0.15) is 5.54 Å². The lowest BCUT2D eigenvalue weighted by Crippen LogP contribution is -2.53. The molecule has 1 amide bonds. The van der Waals surface area contributed by atoms with E-state index in [1.807, 2.05) is 0 Å². The molecule has 1 spiro atoms. The number of aliphatic imine (C=N–C) groups is 1. The van der Waals surface area contributed by atoms with Crippen LogP contribution in [-0.2, 0) is 9.53 Å². The first-order valence-corrected chi connectivity index (χ1v) is 7.01. The average molecular weight is 251 g/mol. The highest BCUT2D eigenvalue weighted by Crippen LogP contribution is 2.30. The van der Waals surface area contributed by atoms with Crippen LogP contribution in [0, 0.1) is 0 Å². The van der Waals surface area contributed by atoms with Gasteiger partial charge in [0, 0.05) is 19.4 Å². The summed E-state index contributed by atoms with van der Waals surface area (Å²) in [4.78, 5) is 16.7. The van der Waals surface area contributed by atoms with E-state index in [1.54, 1.807) is 0 Å². The van der Waals surface area contributed by atoms with Gasteiger partial charge < -0.3 is 10.1 Å². The zero-order valence-electron chi connectivity index (χ0n) is 10.9. The standard InChI is InChI=1S/C13H21N3O2/c1-2-3-10-8-13(6-7-18-10)11(17)15-12(16-13)14-9-4-5-9/h9-10H,2-8H2,1H3,(H2,14,15,16,17). The molecule has 5 heteroatoms. The molecule has 3 rings (SSSR count). The largest absolute Gasteiger partial charge is 0.378 e. The van der Waals surface area contributed by atoms with E-state index in [-0.39, 0.29) is 12.0 Å². The zero-order chi connectivity index (χ0) is 12.6. The lowest BCUT2D eigenvalue weighted by Gasteiger charge is -2.35. The molecular weight excluding hydrogens is 230 g/mol. The lowest BCUT2D eigenvalue weighted by molar-refractivity contribution is -0.130. The van der Waals surface area contributed by atoms with Crippen LogP contribution in [0.1, 0.15) is 45.4 Å². The molecule has 0 aromatic carbocycles. The van der Waals surface area contributed by atoms with Gasteiger partial charge in [0.15, 0.2) is 5.96 Å². The average Bonchev–Trinajstić information content (AvgIpc) is 3.08. The van der Waals surface area contributed by atoms with Crippen molar-refractivity contribution < 1.29 is 9.53 Å². The fourth-order valence-electron chi connectivity index (χ4n) is 2.77. The number of nitrogens with one attached hydrogen (secondary N) is 2. The summed E-state index contributed by atoms with van der Waals surface area (Å²) in [6, 6.07) is 0.425. The van der Waals surface area contributed by atoms with Crippen LogP contribution in [0.4, 0.5) is 0 Å². The van der Waals surface area contributed by atoms with Gasteiger partial charge in [-0.25, -0.2) is 4.99 Å². The molecule has 2 unspecified atom stereocenters. The molecule has 2 heterocycles. The normalized spacial score (nSPS) is 37.9. The highest BCUT2D eigenvalue weighted by molar-refractivity contribution is 6.09. The molecule has 0 radical (unpaired) electrons. The minimum absolute atomic E-state index is 0.0753. The van der Waals surface area contributed by atoms with Gasteiger partial charge in [-0.3, -0.25) is 10.1 Å². The molecule has 2 saturated heterocycles. The predicted octanol–water partition coefficient (Wildman–Crippen LogP) is 0.942. The van der Waals surface area contributed by atoms with Gasteiger partial charge in [0.05, 0.1) is 12.1 Å². The number of nitrogens with zero attached hydrogens (tertiary/aromatic N) is 1. The summed E-state index contributed by atoms with van der Waals surface area (Å²) in [6.45, 7) is 2.80. The van der Waals surface area contributed by atoms with E-state index in [4.69, 9.17) is 4.74 Å². The summed E-state index contributed by atoms with van der Waals surface area (Å²) in [5.74, 6) is 0.756. The first-order chi connectivity index (χ1) is 8.72. The third-order valence-electron chi connectivity index (χ3n) is 3.95. The Kier molecular flexibility index (Phi) is 3.01. The monoisotopic (exact) mass is 251 g/mol. The van der Waals surface area contributed by atoms with Gasteiger partial charge in [-0.1, -0.05) is 13.3 Å². The number of carbonyl (C=O) groups excluding carboxylic acids is 1. The van der Waals surface area contributed by atoms with Gasteiger partial charge in [-0.2, -0.15) is 0 Å². The Hall–Kier alpha value is -1.10. The van der Waals surface area contributed by atoms with Crippen LogP contribution in [0.25, 0.3) is 0 Å². The molecular formula is C13H21N3O2. The number of hydrogen-bond acceptors (Lipinski definition) is 3. The topological polar surface area (TPSA) is 62.7 Å². The zero-order valence-corrected chi connectivity index (χ0v) is 10.9. The van der Waals surface area contributed by atoms with Crippen LogP contribution in [0.2, 0.25) is 0 Å². The number of rotatable bonds is 3. The summed E-state index contributed by atoms with van der Waals surface area (Å²) in [7, 11) is 0. The van der Waals surface area contributed by atoms with E-state index in [2.05, 4.69) is 22.5 Å². The van der Waals surface area contributed by atoms with Crippen LogP contribution in [0.15, 0.2) is 4.99 Å². The minimum Gasteiger partial charge on any atom is -0.378 e. The minimum atomic E-state index is -0.466. The molecule has 2 N–H and O–H groups in total. The molecule has 2 atom stereocenters. The van der Waals surface area contributed by atoms with Gasteiger partial charge in [0.25, 0.3) is 5.91 Å². The molecule has 5 nitrogen and oxygen atoms in total. The lowest BCUT2D eigenvalue weighted by atomic mass is 9.85. The number of amides is 1. The van der Waals surface area contributed by atoms with Crippen molar-refractivity contribution in [3.63, 3.8) is 0 Å². The molecule has 2 aliphatic heterocycles. The van der Waals surface area contributed by atoms with Crippen LogP contribution in [0.3, 0.4) is 0 Å². The molecule has 0 aromatic rings.